The summed E-state index contributed by atoms with van der Waals surface area (Å²) in [6, 6.07) is 14.6. The van der Waals surface area contributed by atoms with Gasteiger partial charge in [-0.2, -0.15) is 0 Å². The van der Waals surface area contributed by atoms with Gasteiger partial charge < -0.3 is 10.6 Å². The van der Waals surface area contributed by atoms with Crippen molar-refractivity contribution in [2.75, 3.05) is 5.32 Å². The quantitative estimate of drug-likeness (QED) is 0.733. The Morgan fingerprint density at radius 1 is 1.15 bits per heavy atom. The van der Waals surface area contributed by atoms with Crippen molar-refractivity contribution in [2.24, 2.45) is 0 Å². The van der Waals surface area contributed by atoms with Gasteiger partial charge in [0, 0.05) is 5.69 Å². The van der Waals surface area contributed by atoms with Crippen LogP contribution >= 0.6 is 0 Å². The first-order valence-electron chi connectivity index (χ1n) is 9.10. The minimum atomic E-state index is -1.14. The fourth-order valence-corrected chi connectivity index (χ4v) is 3.91. The lowest BCUT2D eigenvalue weighted by atomic mass is 9.82. The molecule has 27 heavy (non-hydrogen) atoms. The van der Waals surface area contributed by atoms with Crippen LogP contribution in [-0.4, -0.2) is 17.8 Å². The Labute approximate surface area is 157 Å². The highest BCUT2D eigenvalue weighted by Gasteiger charge is 2.43. The van der Waals surface area contributed by atoms with E-state index in [4.69, 9.17) is 0 Å². The van der Waals surface area contributed by atoms with Crippen LogP contribution in [0.3, 0.4) is 0 Å². The maximum absolute atomic E-state index is 12.9. The average molecular weight is 363 g/mol. The zero-order valence-electron chi connectivity index (χ0n) is 15.0. The molecule has 2 aromatic rings. The highest BCUT2D eigenvalue weighted by atomic mass is 16.2. The van der Waals surface area contributed by atoms with Crippen LogP contribution in [0, 0.1) is 0 Å². The second-order valence-electron chi connectivity index (χ2n) is 7.25. The fourth-order valence-electron chi connectivity index (χ4n) is 3.91. The first-order chi connectivity index (χ1) is 13.0. The fraction of sp³-hybridized carbons (Fsp3) is 0.286. The van der Waals surface area contributed by atoms with Crippen molar-refractivity contribution in [3.8, 4) is 0 Å². The van der Waals surface area contributed by atoms with Crippen molar-refractivity contribution in [1.82, 2.24) is 10.6 Å². The predicted octanol–water partition coefficient (Wildman–Crippen LogP) is 2.80. The van der Waals surface area contributed by atoms with Crippen LogP contribution < -0.4 is 16.0 Å². The molecule has 1 saturated heterocycles. The topological polar surface area (TPSA) is 87.3 Å². The van der Waals surface area contributed by atoms with Gasteiger partial charge >= 0.3 is 6.03 Å². The predicted molar refractivity (Wildman–Crippen MR) is 101 cm³/mol. The maximum atomic E-state index is 12.9. The molecule has 4 amide bonds. The third kappa shape index (κ3) is 3.07. The summed E-state index contributed by atoms with van der Waals surface area (Å²) in [6.45, 7) is 1.64. The monoisotopic (exact) mass is 363 g/mol. The van der Waals surface area contributed by atoms with Crippen LogP contribution in [0.4, 0.5) is 10.5 Å². The minimum Gasteiger partial charge on any atom is -0.326 e. The van der Waals surface area contributed by atoms with Crippen molar-refractivity contribution in [3.05, 3.63) is 65.2 Å². The molecule has 1 aliphatic heterocycles. The average Bonchev–Trinajstić information content (AvgIpc) is 2.94. The van der Waals surface area contributed by atoms with Gasteiger partial charge in [0.2, 0.25) is 5.91 Å². The second-order valence-corrected chi connectivity index (χ2v) is 7.25. The molecule has 0 spiro atoms. The molecular formula is C21H21N3O3. The largest absolute Gasteiger partial charge is 0.326 e. The number of fused-ring (bicyclic) bond motifs is 1. The summed E-state index contributed by atoms with van der Waals surface area (Å²) in [5.74, 6) is -0.634. The summed E-state index contributed by atoms with van der Waals surface area (Å²) in [6.07, 6.45) is 2.81. The van der Waals surface area contributed by atoms with Crippen molar-refractivity contribution in [3.63, 3.8) is 0 Å². The molecule has 2 atom stereocenters. The molecule has 0 radical (unpaired) electrons. The van der Waals surface area contributed by atoms with E-state index < -0.39 is 17.5 Å². The van der Waals surface area contributed by atoms with Gasteiger partial charge in [-0.15, -0.1) is 0 Å². The van der Waals surface area contributed by atoms with Crippen LogP contribution in [0.15, 0.2) is 48.5 Å². The molecule has 6 heteroatoms. The number of benzene rings is 2. The molecule has 138 valence electrons. The highest BCUT2D eigenvalue weighted by molar-refractivity contribution is 6.07. The van der Waals surface area contributed by atoms with Gasteiger partial charge in [-0.1, -0.05) is 36.4 Å². The number of nitrogens with one attached hydrogen (secondary N) is 3. The number of amides is 4. The number of rotatable bonds is 3. The second kappa shape index (κ2) is 6.54. The van der Waals surface area contributed by atoms with E-state index in [9.17, 15) is 14.4 Å². The smallest absolute Gasteiger partial charge is 0.322 e. The zero-order chi connectivity index (χ0) is 19.0. The third-order valence-electron chi connectivity index (χ3n) is 5.44. The van der Waals surface area contributed by atoms with E-state index in [1.54, 1.807) is 31.2 Å². The van der Waals surface area contributed by atoms with Crippen molar-refractivity contribution in [1.29, 1.82) is 0 Å². The Morgan fingerprint density at radius 3 is 2.74 bits per heavy atom. The van der Waals surface area contributed by atoms with E-state index in [0.717, 1.165) is 24.8 Å². The Balaban J connectivity index is 1.57. The number of hydrogen-bond acceptors (Lipinski definition) is 3. The van der Waals surface area contributed by atoms with Crippen LogP contribution in [-0.2, 0) is 21.5 Å². The van der Waals surface area contributed by atoms with E-state index in [1.165, 1.54) is 5.56 Å². The molecule has 2 aliphatic rings. The summed E-state index contributed by atoms with van der Waals surface area (Å²) >= 11 is 0. The van der Waals surface area contributed by atoms with Gasteiger partial charge in [0.05, 0.1) is 5.92 Å². The van der Waals surface area contributed by atoms with E-state index in [1.807, 2.05) is 18.2 Å². The molecule has 6 nitrogen and oxygen atoms in total. The molecule has 2 aromatic carbocycles. The summed E-state index contributed by atoms with van der Waals surface area (Å²) in [5, 5.41) is 7.87. The van der Waals surface area contributed by atoms with Gasteiger partial charge in [0.25, 0.3) is 5.91 Å². The number of carbonyl (C=O) groups is 3. The van der Waals surface area contributed by atoms with Gasteiger partial charge in [0.15, 0.2) is 0 Å². The van der Waals surface area contributed by atoms with Crippen LogP contribution in [0.1, 0.15) is 42.4 Å². The Bertz CT molecular complexity index is 940. The van der Waals surface area contributed by atoms with Gasteiger partial charge in [-0.05, 0) is 55.0 Å². The Kier molecular flexibility index (Phi) is 4.18. The molecule has 3 N–H and O–H groups in total. The van der Waals surface area contributed by atoms with Gasteiger partial charge in [0.1, 0.15) is 5.54 Å². The summed E-state index contributed by atoms with van der Waals surface area (Å²) in [7, 11) is 0. The van der Waals surface area contributed by atoms with E-state index in [0.29, 0.717) is 11.3 Å². The maximum Gasteiger partial charge on any atom is 0.322 e. The van der Waals surface area contributed by atoms with Crippen LogP contribution in [0.25, 0.3) is 0 Å². The normalized spacial score (nSPS) is 24.0. The first-order valence-corrected chi connectivity index (χ1v) is 9.10. The molecule has 1 fully saturated rings. The molecule has 1 aliphatic carbocycles. The SMILES string of the molecule is CC1(c2cccc(NC(=O)C3CCCc4ccccc43)c2)NC(=O)NC1=O. The summed E-state index contributed by atoms with van der Waals surface area (Å²) < 4.78 is 0. The Hall–Kier alpha value is -3.15. The number of anilines is 1. The van der Waals surface area contributed by atoms with E-state index in [-0.39, 0.29) is 11.8 Å². The molecule has 0 saturated carbocycles. The van der Waals surface area contributed by atoms with Gasteiger partial charge in [-0.3, -0.25) is 14.9 Å². The highest BCUT2D eigenvalue weighted by Crippen LogP contribution is 2.33. The van der Waals surface area contributed by atoms with Crippen molar-refractivity contribution < 1.29 is 14.4 Å². The van der Waals surface area contributed by atoms with E-state index in [2.05, 4.69) is 22.0 Å². The van der Waals surface area contributed by atoms with Crippen molar-refractivity contribution in [2.45, 2.75) is 37.6 Å². The number of carbonyl (C=O) groups excluding carboxylic acids is 3. The number of aryl methyl sites for hydroxylation is 1. The number of urea groups is 1. The van der Waals surface area contributed by atoms with Crippen LogP contribution in [0.5, 0.6) is 0 Å². The van der Waals surface area contributed by atoms with Gasteiger partial charge in [-0.25, -0.2) is 4.79 Å². The molecule has 0 bridgehead atoms. The standard InChI is InChI=1S/C21H21N3O3/c1-21(19(26)23-20(27)24-21)14-8-5-9-15(12-14)22-18(25)17-11-4-7-13-6-2-3-10-16(13)17/h2-3,5-6,8-10,12,17H,4,7,11H2,1H3,(H,22,25)(H2,23,24,26,27). The Morgan fingerprint density at radius 2 is 1.96 bits per heavy atom. The summed E-state index contributed by atoms with van der Waals surface area (Å²) in [5.41, 5.74) is 2.40. The lowest BCUT2D eigenvalue weighted by Gasteiger charge is -2.25. The zero-order valence-corrected chi connectivity index (χ0v) is 15.0. The number of imide groups is 1. The molecule has 0 aromatic heterocycles. The number of hydrogen-bond donors (Lipinski definition) is 3. The summed E-state index contributed by atoms with van der Waals surface area (Å²) in [4.78, 5) is 36.6. The molecule has 2 unspecified atom stereocenters. The van der Waals surface area contributed by atoms with E-state index >= 15 is 0 Å². The van der Waals surface area contributed by atoms with Crippen molar-refractivity contribution >= 4 is 23.5 Å². The van der Waals surface area contributed by atoms with Crippen LogP contribution in [0.2, 0.25) is 0 Å². The molecule has 4 rings (SSSR count). The molecular weight excluding hydrogens is 342 g/mol. The lowest BCUT2D eigenvalue weighted by molar-refractivity contribution is -0.123. The first kappa shape index (κ1) is 17.3. The molecule has 1 heterocycles. The third-order valence-corrected chi connectivity index (χ3v) is 5.44. The lowest BCUT2D eigenvalue weighted by Crippen LogP contribution is -2.40. The minimum absolute atomic E-state index is 0.0515.